The van der Waals surface area contributed by atoms with Crippen molar-refractivity contribution in [2.24, 2.45) is 10.3 Å². The average molecular weight is 425 g/mol. The lowest BCUT2D eigenvalue weighted by Crippen LogP contribution is -2.39. The van der Waals surface area contributed by atoms with Crippen LogP contribution in [0, 0.1) is 0 Å². The maximum atomic E-state index is 11.7. The predicted molar refractivity (Wildman–Crippen MR) is 120 cm³/mol. The number of carbonyl (C=O) groups is 1. The van der Waals surface area contributed by atoms with Gasteiger partial charge in [0.15, 0.2) is 5.84 Å². The number of ether oxygens (including phenoxy) is 1. The monoisotopic (exact) mass is 424 g/mol. The number of aryl methyl sites for hydroxylation is 1. The number of thioether (sulfide) groups is 1. The van der Waals surface area contributed by atoms with E-state index in [-0.39, 0.29) is 5.24 Å². The molecule has 1 amide bonds. The van der Waals surface area contributed by atoms with Crippen molar-refractivity contribution in [3.63, 3.8) is 0 Å². The van der Waals surface area contributed by atoms with Gasteiger partial charge in [0.05, 0.1) is 23.1 Å². The Bertz CT molecular complexity index is 1050. The molecule has 0 spiro atoms. The summed E-state index contributed by atoms with van der Waals surface area (Å²) in [5.41, 5.74) is 7.27. The first-order chi connectivity index (χ1) is 14.4. The van der Waals surface area contributed by atoms with E-state index in [1.807, 2.05) is 55.1 Å². The summed E-state index contributed by atoms with van der Waals surface area (Å²) in [4.78, 5) is 13.7. The third-order valence-corrected chi connectivity index (χ3v) is 6.33. The lowest BCUT2D eigenvalue weighted by atomic mass is 9.93. The van der Waals surface area contributed by atoms with Crippen LogP contribution in [0.1, 0.15) is 37.0 Å². The molecule has 0 saturated heterocycles. The van der Waals surface area contributed by atoms with Crippen LogP contribution in [0.4, 0.5) is 10.5 Å². The summed E-state index contributed by atoms with van der Waals surface area (Å²) >= 11 is 1.24. The second-order valence-corrected chi connectivity index (χ2v) is 9.29. The predicted octanol–water partition coefficient (Wildman–Crippen LogP) is 4.22. The van der Waals surface area contributed by atoms with Crippen molar-refractivity contribution in [1.82, 2.24) is 5.43 Å². The molecule has 4 rings (SSSR count). The first-order valence-corrected chi connectivity index (χ1v) is 10.6. The number of rotatable bonds is 3. The molecule has 0 saturated carbocycles. The molecule has 8 heteroatoms. The smallest absolute Gasteiger partial charge is 0.300 e. The lowest BCUT2D eigenvalue weighted by molar-refractivity contribution is 0.260. The van der Waals surface area contributed by atoms with Crippen molar-refractivity contribution in [3.05, 3.63) is 59.2 Å². The first-order valence-electron chi connectivity index (χ1n) is 9.78. The molecule has 2 aliphatic rings. The fourth-order valence-corrected chi connectivity index (χ4v) is 4.81. The van der Waals surface area contributed by atoms with E-state index >= 15 is 0 Å². The Hall–Kier alpha value is -3.00. The van der Waals surface area contributed by atoms with Crippen LogP contribution < -0.4 is 15.1 Å². The highest BCUT2D eigenvalue weighted by molar-refractivity contribution is 8.15. The van der Waals surface area contributed by atoms with Gasteiger partial charge < -0.3 is 14.8 Å². The highest BCUT2D eigenvalue weighted by Crippen LogP contribution is 2.36. The zero-order chi connectivity index (χ0) is 21.3. The van der Waals surface area contributed by atoms with E-state index in [1.54, 1.807) is 7.11 Å². The molecule has 0 aliphatic carbocycles. The van der Waals surface area contributed by atoms with Crippen molar-refractivity contribution in [2.45, 2.75) is 31.4 Å². The van der Waals surface area contributed by atoms with Gasteiger partial charge in [-0.15, -0.1) is 0 Å². The van der Waals surface area contributed by atoms with Crippen LogP contribution in [0.15, 0.2) is 52.7 Å². The van der Waals surface area contributed by atoms with Gasteiger partial charge in [-0.2, -0.15) is 5.10 Å². The molecule has 0 unspecified atom stereocenters. The number of para-hydroxylation sites is 1. The Morgan fingerprint density at radius 3 is 2.83 bits per heavy atom. The number of hydrogen-bond acceptors (Lipinski definition) is 6. The number of oxime groups is 1. The van der Waals surface area contributed by atoms with Crippen molar-refractivity contribution < 1.29 is 14.7 Å². The van der Waals surface area contributed by atoms with Gasteiger partial charge in [0.2, 0.25) is 0 Å². The largest absolute Gasteiger partial charge is 0.496 e. The summed E-state index contributed by atoms with van der Waals surface area (Å²) in [5.74, 6) is 1.11. The van der Waals surface area contributed by atoms with Gasteiger partial charge >= 0.3 is 0 Å². The Kier molecular flexibility index (Phi) is 5.42. The molecule has 2 aromatic rings. The topological polar surface area (TPSA) is 86.5 Å². The van der Waals surface area contributed by atoms with Crippen molar-refractivity contribution >= 4 is 34.2 Å². The maximum absolute atomic E-state index is 11.7. The van der Waals surface area contributed by atoms with E-state index in [2.05, 4.69) is 21.7 Å². The highest BCUT2D eigenvalue weighted by atomic mass is 32.2. The minimum Gasteiger partial charge on any atom is -0.496 e. The molecule has 0 radical (unpaired) electrons. The number of hydrazone groups is 1. The number of amides is 1. The molecular weight excluding hydrogens is 400 g/mol. The summed E-state index contributed by atoms with van der Waals surface area (Å²) in [7, 11) is 1.60. The van der Waals surface area contributed by atoms with Gasteiger partial charge in [0.25, 0.3) is 5.24 Å². The summed E-state index contributed by atoms with van der Waals surface area (Å²) in [6.45, 7) is 4.74. The first kappa shape index (κ1) is 20.3. The number of fused-ring (bicyclic) bond motifs is 1. The van der Waals surface area contributed by atoms with Gasteiger partial charge in [-0.3, -0.25) is 4.79 Å². The van der Waals surface area contributed by atoms with Crippen molar-refractivity contribution in [3.8, 4) is 5.75 Å². The molecule has 2 N–H and O–H groups in total. The van der Waals surface area contributed by atoms with Crippen LogP contribution in [0.5, 0.6) is 5.75 Å². The molecule has 0 fully saturated rings. The summed E-state index contributed by atoms with van der Waals surface area (Å²) in [6, 6.07) is 13.7. The van der Waals surface area contributed by atoms with Gasteiger partial charge in [-0.25, -0.2) is 5.43 Å². The molecule has 0 bridgehead atoms. The minimum atomic E-state index is -0.417. The third-order valence-electron chi connectivity index (χ3n) is 5.35. The fourth-order valence-electron chi connectivity index (χ4n) is 4.00. The molecule has 7 nitrogen and oxygen atoms in total. The van der Waals surface area contributed by atoms with Crippen LogP contribution in [-0.2, 0) is 6.42 Å². The number of hydrogen-bond donors (Lipinski definition) is 2. The van der Waals surface area contributed by atoms with E-state index in [0.29, 0.717) is 11.6 Å². The normalized spacial score (nSPS) is 18.4. The summed E-state index contributed by atoms with van der Waals surface area (Å²) < 4.78 is 5.05. The number of carbonyl (C=O) groups excluding carboxylic acids is 1. The van der Waals surface area contributed by atoms with Crippen LogP contribution in [-0.4, -0.2) is 40.4 Å². The maximum Gasteiger partial charge on any atom is 0.300 e. The van der Waals surface area contributed by atoms with Gasteiger partial charge in [0, 0.05) is 12.2 Å². The van der Waals surface area contributed by atoms with Crippen LogP contribution in [0.2, 0.25) is 0 Å². The van der Waals surface area contributed by atoms with E-state index < -0.39 is 4.75 Å². The van der Waals surface area contributed by atoms with Crippen LogP contribution in [0.25, 0.3) is 0 Å². The zero-order valence-corrected chi connectivity index (χ0v) is 18.0. The second kappa shape index (κ2) is 8.02. The van der Waals surface area contributed by atoms with Gasteiger partial charge in [0.1, 0.15) is 5.75 Å². The van der Waals surface area contributed by atoms with E-state index in [1.165, 1.54) is 11.8 Å². The van der Waals surface area contributed by atoms with Crippen LogP contribution >= 0.6 is 11.8 Å². The lowest BCUT2D eigenvalue weighted by Gasteiger charge is -2.33. The molecule has 2 heterocycles. The van der Waals surface area contributed by atoms with E-state index in [0.717, 1.165) is 47.5 Å². The highest BCUT2D eigenvalue weighted by Gasteiger charge is 2.35. The van der Waals surface area contributed by atoms with E-state index in [9.17, 15) is 10.0 Å². The zero-order valence-electron chi connectivity index (χ0n) is 17.2. The quantitative estimate of drug-likeness (QED) is 0.333. The van der Waals surface area contributed by atoms with Crippen molar-refractivity contribution in [2.75, 3.05) is 18.6 Å². The molecule has 30 heavy (non-hydrogen) atoms. The molecule has 0 atom stereocenters. The number of benzene rings is 2. The van der Waals surface area contributed by atoms with E-state index in [4.69, 9.17) is 4.74 Å². The second-order valence-electron chi connectivity index (χ2n) is 7.69. The fraction of sp³-hybridized carbons (Fsp3) is 0.318. The van der Waals surface area contributed by atoms with Crippen molar-refractivity contribution in [1.29, 1.82) is 0 Å². The SMILES string of the molecule is COc1ccccc1C(=NO)N1CCCc2cc(C3=NNC(=O)SC3(C)C)ccc21. The molecule has 156 valence electrons. The third kappa shape index (κ3) is 3.63. The minimum absolute atomic E-state index is 0.145. The molecule has 2 aromatic carbocycles. The van der Waals surface area contributed by atoms with Gasteiger partial charge in [-0.05, 0) is 62.1 Å². The molecular formula is C22H24N4O3S. The van der Waals surface area contributed by atoms with Crippen LogP contribution in [0.3, 0.4) is 0 Å². The van der Waals surface area contributed by atoms with Gasteiger partial charge in [-0.1, -0.05) is 35.1 Å². The molecule has 0 aromatic heterocycles. The Morgan fingerprint density at radius 1 is 1.30 bits per heavy atom. The number of nitrogens with zero attached hydrogens (tertiary/aromatic N) is 3. The standard InChI is InChI=1S/C22H24N4O3S/c1-22(2)19(23-24-21(27)30-22)15-10-11-17-14(13-15)7-6-12-26(17)20(25-28)16-8-4-5-9-18(16)29-3/h4-5,8-11,13,28H,6-7,12H2,1-3H3,(H,24,27). The number of nitrogens with one attached hydrogen (secondary N) is 1. The Morgan fingerprint density at radius 2 is 2.10 bits per heavy atom. The Balaban J connectivity index is 1.73. The number of methoxy groups -OCH3 is 1. The number of anilines is 1. The summed E-state index contributed by atoms with van der Waals surface area (Å²) in [6.07, 6.45) is 1.84. The average Bonchev–Trinajstić information content (AvgIpc) is 2.73. The Labute approximate surface area is 179 Å². The molecule has 2 aliphatic heterocycles. The summed E-state index contributed by atoms with van der Waals surface area (Å²) in [5, 5.41) is 17.7. The number of amidine groups is 1.